The van der Waals surface area contributed by atoms with Crippen molar-refractivity contribution in [3.8, 4) is 0 Å². The van der Waals surface area contributed by atoms with Crippen molar-refractivity contribution >= 4 is 19.9 Å². The van der Waals surface area contributed by atoms with Gasteiger partial charge in [0, 0.05) is 19.3 Å². The van der Waals surface area contributed by atoms with Crippen molar-refractivity contribution in [2.24, 2.45) is 11.8 Å². The molecule has 0 bridgehead atoms. The van der Waals surface area contributed by atoms with E-state index >= 15 is 0 Å². The molecule has 9 heteroatoms. The Morgan fingerprint density at radius 1 is 1.00 bits per heavy atom. The quantitative estimate of drug-likeness (QED) is 0.559. The lowest BCUT2D eigenvalue weighted by Gasteiger charge is -2.34. The predicted octanol–water partition coefficient (Wildman–Crippen LogP) is 3.44. The molecule has 1 saturated heterocycles. The molecule has 7 nitrogen and oxygen atoms in total. The van der Waals surface area contributed by atoms with Gasteiger partial charge >= 0.3 is 0 Å². The molecule has 1 saturated carbocycles. The molecular formula is C23H38N2O5S2. The van der Waals surface area contributed by atoms with Crippen LogP contribution in [0.2, 0.25) is 0 Å². The first-order chi connectivity index (χ1) is 15.0. The van der Waals surface area contributed by atoms with Gasteiger partial charge in [0.15, 0.2) is 14.9 Å². The number of aryl methyl sites for hydroxylation is 1. The SMILES string of the molecule is CC(C)S(=O)(=O)CC1CCC(CCc2ccc(S(=O)(=O)N3C[C@@H](C)O[C@@H](C)C3)nc2)CC1. The molecule has 2 heterocycles. The predicted molar refractivity (Wildman–Crippen MR) is 126 cm³/mol. The third-order valence-electron chi connectivity index (χ3n) is 6.78. The molecule has 182 valence electrons. The molecule has 0 spiro atoms. The van der Waals surface area contributed by atoms with E-state index in [4.69, 9.17) is 4.74 Å². The molecule has 0 N–H and O–H groups in total. The molecule has 0 radical (unpaired) electrons. The number of morpholine rings is 1. The number of sulfonamides is 1. The fourth-order valence-corrected chi connectivity index (χ4v) is 7.63. The fraction of sp³-hybridized carbons (Fsp3) is 0.783. The second-order valence-electron chi connectivity index (χ2n) is 9.89. The fourth-order valence-electron chi connectivity index (χ4n) is 4.75. The first-order valence-electron chi connectivity index (χ1n) is 11.8. The van der Waals surface area contributed by atoms with Crippen LogP contribution < -0.4 is 0 Å². The number of ether oxygens (including phenoxy) is 1. The van der Waals surface area contributed by atoms with Crippen molar-refractivity contribution in [3.05, 3.63) is 23.9 Å². The molecule has 0 aromatic carbocycles. The van der Waals surface area contributed by atoms with Crippen LogP contribution in [0, 0.1) is 11.8 Å². The minimum atomic E-state index is -3.61. The van der Waals surface area contributed by atoms with Crippen LogP contribution in [0.1, 0.15) is 65.4 Å². The van der Waals surface area contributed by atoms with Crippen molar-refractivity contribution in [2.45, 2.75) is 88.7 Å². The highest BCUT2D eigenvalue weighted by atomic mass is 32.2. The van der Waals surface area contributed by atoms with Gasteiger partial charge < -0.3 is 4.74 Å². The lowest BCUT2D eigenvalue weighted by Crippen LogP contribution is -2.48. The summed E-state index contributed by atoms with van der Waals surface area (Å²) in [5, 5.41) is -0.205. The summed E-state index contributed by atoms with van der Waals surface area (Å²) in [7, 11) is -6.58. The van der Waals surface area contributed by atoms with Crippen molar-refractivity contribution < 1.29 is 21.6 Å². The third kappa shape index (κ3) is 6.52. The summed E-state index contributed by atoms with van der Waals surface area (Å²) in [5.41, 5.74) is 1.04. The van der Waals surface area contributed by atoms with E-state index in [1.54, 1.807) is 26.1 Å². The standard InChI is InChI=1S/C23H38N2O5S2/c1-17(2)31(26,27)16-22-9-6-20(7-10-22)5-8-21-11-12-23(24-13-21)32(28,29)25-14-18(3)30-19(4)15-25/h11-13,17-20,22H,5-10,14-16H2,1-4H3/t18-,19+,20?,22?. The number of aromatic nitrogens is 1. The monoisotopic (exact) mass is 486 g/mol. The number of sulfone groups is 1. The Labute approximate surface area is 193 Å². The molecule has 1 aromatic rings. The highest BCUT2D eigenvalue weighted by molar-refractivity contribution is 7.92. The number of hydrogen-bond donors (Lipinski definition) is 0. The second-order valence-corrected chi connectivity index (χ2v) is 14.4. The Hall–Kier alpha value is -1.03. The highest BCUT2D eigenvalue weighted by Crippen LogP contribution is 2.33. The van der Waals surface area contributed by atoms with Gasteiger partial charge in [0.1, 0.15) is 0 Å². The molecular weight excluding hydrogens is 448 g/mol. The Kier molecular flexibility index (Phi) is 8.39. The summed E-state index contributed by atoms with van der Waals surface area (Å²) in [6.07, 6.45) is 7.37. The van der Waals surface area contributed by atoms with Crippen molar-refractivity contribution in [1.29, 1.82) is 0 Å². The summed E-state index contributed by atoms with van der Waals surface area (Å²) >= 11 is 0. The van der Waals surface area contributed by atoms with Crippen LogP contribution in [-0.2, 0) is 31.0 Å². The molecule has 0 amide bonds. The second kappa shape index (κ2) is 10.5. The third-order valence-corrected chi connectivity index (χ3v) is 10.9. The minimum absolute atomic E-state index is 0.0921. The van der Waals surface area contributed by atoms with Gasteiger partial charge in [-0.05, 0) is 76.8 Å². The van der Waals surface area contributed by atoms with Gasteiger partial charge in [-0.3, -0.25) is 0 Å². The Morgan fingerprint density at radius 3 is 2.12 bits per heavy atom. The van der Waals surface area contributed by atoms with Gasteiger partial charge in [-0.2, -0.15) is 4.31 Å². The van der Waals surface area contributed by atoms with Crippen LogP contribution in [-0.4, -0.2) is 62.4 Å². The van der Waals surface area contributed by atoms with E-state index in [0.29, 0.717) is 24.8 Å². The molecule has 2 fully saturated rings. The average Bonchev–Trinajstić information content (AvgIpc) is 2.72. The summed E-state index contributed by atoms with van der Waals surface area (Å²) in [5.74, 6) is 1.20. The van der Waals surface area contributed by atoms with E-state index in [2.05, 4.69) is 4.98 Å². The number of pyridine rings is 1. The van der Waals surface area contributed by atoms with Crippen LogP contribution in [0.5, 0.6) is 0 Å². The summed E-state index contributed by atoms with van der Waals surface area (Å²) in [4.78, 5) is 4.27. The van der Waals surface area contributed by atoms with Crippen LogP contribution in [0.25, 0.3) is 0 Å². The summed E-state index contributed by atoms with van der Waals surface area (Å²) in [6, 6.07) is 3.48. The highest BCUT2D eigenvalue weighted by Gasteiger charge is 2.33. The van der Waals surface area contributed by atoms with Crippen LogP contribution in [0.4, 0.5) is 0 Å². The first kappa shape index (κ1) is 25.6. The number of hydrogen-bond acceptors (Lipinski definition) is 6. The Balaban J connectivity index is 1.49. The molecule has 0 unspecified atom stereocenters. The van der Waals surface area contributed by atoms with Gasteiger partial charge in [-0.15, -0.1) is 0 Å². The van der Waals surface area contributed by atoms with Crippen LogP contribution >= 0.6 is 0 Å². The summed E-state index contributed by atoms with van der Waals surface area (Å²) in [6.45, 7) is 7.96. The topological polar surface area (TPSA) is 93.6 Å². The lowest BCUT2D eigenvalue weighted by atomic mass is 9.80. The van der Waals surface area contributed by atoms with Gasteiger partial charge in [0.2, 0.25) is 0 Å². The molecule has 3 rings (SSSR count). The zero-order valence-corrected chi connectivity index (χ0v) is 21.4. The van der Waals surface area contributed by atoms with Gasteiger partial charge in [0.25, 0.3) is 10.0 Å². The first-order valence-corrected chi connectivity index (χ1v) is 14.9. The minimum Gasteiger partial charge on any atom is -0.373 e. The van der Waals surface area contributed by atoms with Crippen molar-refractivity contribution in [3.63, 3.8) is 0 Å². The van der Waals surface area contributed by atoms with E-state index in [9.17, 15) is 16.8 Å². The van der Waals surface area contributed by atoms with Crippen molar-refractivity contribution in [1.82, 2.24) is 9.29 Å². The maximum absolute atomic E-state index is 12.9. The maximum atomic E-state index is 12.9. The maximum Gasteiger partial charge on any atom is 0.260 e. The zero-order chi connectivity index (χ0) is 23.5. The van der Waals surface area contributed by atoms with Gasteiger partial charge in [0.05, 0.1) is 23.2 Å². The van der Waals surface area contributed by atoms with Crippen molar-refractivity contribution in [2.75, 3.05) is 18.8 Å². The zero-order valence-electron chi connectivity index (χ0n) is 19.7. The molecule has 1 aliphatic heterocycles. The lowest BCUT2D eigenvalue weighted by molar-refractivity contribution is -0.0441. The normalized spacial score (nSPS) is 28.2. The largest absolute Gasteiger partial charge is 0.373 e. The van der Waals surface area contributed by atoms with E-state index in [0.717, 1.165) is 44.1 Å². The van der Waals surface area contributed by atoms with E-state index < -0.39 is 19.9 Å². The van der Waals surface area contributed by atoms with Gasteiger partial charge in [-0.25, -0.2) is 21.8 Å². The van der Waals surface area contributed by atoms with E-state index in [1.807, 2.05) is 19.9 Å². The molecule has 2 atom stereocenters. The van der Waals surface area contributed by atoms with Gasteiger partial charge in [-0.1, -0.05) is 18.9 Å². The van der Waals surface area contributed by atoms with E-state index in [-0.39, 0.29) is 28.4 Å². The number of rotatable bonds is 8. The summed E-state index contributed by atoms with van der Waals surface area (Å²) < 4.78 is 57.3. The molecule has 2 aliphatic rings. The van der Waals surface area contributed by atoms with Crippen LogP contribution in [0.15, 0.2) is 23.4 Å². The molecule has 32 heavy (non-hydrogen) atoms. The van der Waals surface area contributed by atoms with E-state index in [1.165, 1.54) is 4.31 Å². The van der Waals surface area contributed by atoms with Crippen LogP contribution in [0.3, 0.4) is 0 Å². The smallest absolute Gasteiger partial charge is 0.260 e. The Bertz CT molecular complexity index is 943. The average molecular weight is 487 g/mol. The number of nitrogens with zero attached hydrogens (tertiary/aromatic N) is 2. The Morgan fingerprint density at radius 2 is 1.59 bits per heavy atom. The molecule has 1 aliphatic carbocycles. The molecule has 1 aromatic heterocycles.